The number of pyridine rings is 2. The lowest BCUT2D eigenvalue weighted by molar-refractivity contribution is 0.0951. The second-order valence-electron chi connectivity index (χ2n) is 6.64. The summed E-state index contributed by atoms with van der Waals surface area (Å²) in [6.07, 6.45) is 6.85. The number of nitrogens with zero attached hydrogens (tertiary/aromatic N) is 4. The van der Waals surface area contributed by atoms with Crippen molar-refractivity contribution in [2.24, 2.45) is 0 Å². The molecular formula is C23H22N6O2. The lowest BCUT2D eigenvalue weighted by atomic mass is 10.2. The predicted molar refractivity (Wildman–Crippen MR) is 118 cm³/mol. The lowest BCUT2D eigenvalue weighted by Gasteiger charge is -2.12. The Hall–Kier alpha value is -4.20. The van der Waals surface area contributed by atoms with Crippen molar-refractivity contribution in [3.63, 3.8) is 0 Å². The molecule has 0 unspecified atom stereocenters. The largest absolute Gasteiger partial charge is 0.494 e. The van der Waals surface area contributed by atoms with Gasteiger partial charge in [0.25, 0.3) is 5.91 Å². The monoisotopic (exact) mass is 414 g/mol. The third kappa shape index (κ3) is 5.05. The van der Waals surface area contributed by atoms with Crippen LogP contribution >= 0.6 is 0 Å². The molecule has 0 aliphatic heterocycles. The quantitative estimate of drug-likeness (QED) is 0.456. The molecule has 4 aromatic rings. The zero-order chi connectivity index (χ0) is 21.5. The van der Waals surface area contributed by atoms with E-state index in [0.717, 1.165) is 17.0 Å². The van der Waals surface area contributed by atoms with Crippen molar-refractivity contribution in [1.82, 2.24) is 25.1 Å². The Labute approximate surface area is 179 Å². The van der Waals surface area contributed by atoms with E-state index >= 15 is 0 Å². The second kappa shape index (κ2) is 9.53. The summed E-state index contributed by atoms with van der Waals surface area (Å²) in [5.41, 5.74) is 2.19. The van der Waals surface area contributed by atoms with E-state index in [1.807, 2.05) is 55.6 Å². The summed E-state index contributed by atoms with van der Waals surface area (Å²) in [6.45, 7) is 2.90. The maximum Gasteiger partial charge on any atom is 0.255 e. The van der Waals surface area contributed by atoms with Gasteiger partial charge in [-0.05, 0) is 67.1 Å². The molecular weight excluding hydrogens is 392 g/mol. The minimum atomic E-state index is -0.223. The molecule has 0 radical (unpaired) electrons. The molecule has 0 bridgehead atoms. The van der Waals surface area contributed by atoms with Gasteiger partial charge in [0.2, 0.25) is 0 Å². The van der Waals surface area contributed by atoms with Gasteiger partial charge in [0.1, 0.15) is 11.6 Å². The molecule has 31 heavy (non-hydrogen) atoms. The van der Waals surface area contributed by atoms with Crippen molar-refractivity contribution in [1.29, 1.82) is 0 Å². The van der Waals surface area contributed by atoms with Crippen molar-refractivity contribution in [3.8, 4) is 11.6 Å². The molecule has 0 aliphatic rings. The summed E-state index contributed by atoms with van der Waals surface area (Å²) >= 11 is 0. The minimum absolute atomic E-state index is 0.223. The Morgan fingerprint density at radius 1 is 1.03 bits per heavy atom. The minimum Gasteiger partial charge on any atom is -0.494 e. The first-order valence-corrected chi connectivity index (χ1v) is 9.91. The summed E-state index contributed by atoms with van der Waals surface area (Å²) in [4.78, 5) is 21.5. The maximum atomic E-state index is 12.8. The summed E-state index contributed by atoms with van der Waals surface area (Å²) < 4.78 is 7.13. The van der Waals surface area contributed by atoms with Gasteiger partial charge < -0.3 is 15.4 Å². The first-order chi connectivity index (χ1) is 15.2. The molecule has 0 saturated heterocycles. The normalized spacial score (nSPS) is 10.5. The molecule has 0 aliphatic carbocycles. The van der Waals surface area contributed by atoms with E-state index in [0.29, 0.717) is 30.4 Å². The summed E-state index contributed by atoms with van der Waals surface area (Å²) in [6, 6.07) is 16.6. The number of benzene rings is 1. The van der Waals surface area contributed by atoms with Gasteiger partial charge in [0.15, 0.2) is 5.82 Å². The summed E-state index contributed by atoms with van der Waals surface area (Å²) in [5, 5.41) is 10.3. The molecule has 8 heteroatoms. The van der Waals surface area contributed by atoms with Gasteiger partial charge in [-0.25, -0.2) is 14.6 Å². The van der Waals surface area contributed by atoms with Gasteiger partial charge in [0.05, 0.1) is 12.2 Å². The van der Waals surface area contributed by atoms with E-state index in [1.165, 1.54) is 0 Å². The predicted octanol–water partition coefficient (Wildman–Crippen LogP) is 3.73. The zero-order valence-corrected chi connectivity index (χ0v) is 17.0. The van der Waals surface area contributed by atoms with Gasteiger partial charge in [0, 0.05) is 37.0 Å². The lowest BCUT2D eigenvalue weighted by Crippen LogP contribution is -2.24. The first-order valence-electron chi connectivity index (χ1n) is 9.91. The molecule has 156 valence electrons. The van der Waals surface area contributed by atoms with Crippen LogP contribution in [0.2, 0.25) is 0 Å². The maximum absolute atomic E-state index is 12.8. The van der Waals surface area contributed by atoms with Crippen LogP contribution in [0.4, 0.5) is 11.5 Å². The average molecular weight is 414 g/mol. The number of hydrogen-bond acceptors (Lipinski definition) is 6. The van der Waals surface area contributed by atoms with E-state index in [2.05, 4.69) is 25.7 Å². The molecule has 3 aromatic heterocycles. The number of hydrogen-bond donors (Lipinski definition) is 2. The van der Waals surface area contributed by atoms with Crippen LogP contribution < -0.4 is 15.4 Å². The van der Waals surface area contributed by atoms with Crippen LogP contribution in [0.1, 0.15) is 22.8 Å². The van der Waals surface area contributed by atoms with Gasteiger partial charge in [-0.2, -0.15) is 5.10 Å². The Bertz CT molecular complexity index is 1140. The van der Waals surface area contributed by atoms with Crippen molar-refractivity contribution in [2.45, 2.75) is 13.5 Å². The highest BCUT2D eigenvalue weighted by atomic mass is 16.5. The molecule has 0 spiro atoms. The standard InChI is InChI=1S/C23H22N6O2/c1-2-31-19-8-6-18(7-9-19)28-22-20(5-3-11-25-22)23(30)26-16-17-10-13-24-21(15-17)29-14-4-12-27-29/h3-15H,2,16H2,1H3,(H,25,28)(H,26,30). The fourth-order valence-electron chi connectivity index (χ4n) is 3.00. The van der Waals surface area contributed by atoms with Crippen LogP contribution in [0.25, 0.3) is 5.82 Å². The zero-order valence-electron chi connectivity index (χ0n) is 17.0. The molecule has 1 amide bonds. The van der Waals surface area contributed by atoms with Crippen LogP contribution in [0, 0.1) is 0 Å². The van der Waals surface area contributed by atoms with Gasteiger partial charge in [-0.15, -0.1) is 0 Å². The number of carbonyl (C=O) groups excluding carboxylic acids is 1. The molecule has 2 N–H and O–H groups in total. The molecule has 0 fully saturated rings. The number of aromatic nitrogens is 4. The van der Waals surface area contributed by atoms with Crippen LogP contribution in [0.3, 0.4) is 0 Å². The molecule has 0 saturated carbocycles. The van der Waals surface area contributed by atoms with Crippen molar-refractivity contribution < 1.29 is 9.53 Å². The highest BCUT2D eigenvalue weighted by Gasteiger charge is 2.13. The number of amides is 1. The Kier molecular flexibility index (Phi) is 6.18. The molecule has 8 nitrogen and oxygen atoms in total. The number of anilines is 2. The molecule has 1 aromatic carbocycles. The highest BCUT2D eigenvalue weighted by molar-refractivity contribution is 5.99. The van der Waals surface area contributed by atoms with E-state index in [4.69, 9.17) is 4.74 Å². The van der Waals surface area contributed by atoms with Crippen LogP contribution in [-0.4, -0.2) is 32.3 Å². The molecule has 0 atom stereocenters. The van der Waals surface area contributed by atoms with E-state index < -0.39 is 0 Å². The second-order valence-corrected chi connectivity index (χ2v) is 6.64. The van der Waals surface area contributed by atoms with E-state index in [1.54, 1.807) is 35.4 Å². The summed E-state index contributed by atoms with van der Waals surface area (Å²) in [5.74, 6) is 1.74. The van der Waals surface area contributed by atoms with Gasteiger partial charge in [-0.1, -0.05) is 0 Å². The van der Waals surface area contributed by atoms with E-state index in [9.17, 15) is 4.79 Å². The third-order valence-electron chi connectivity index (χ3n) is 4.48. The first kappa shape index (κ1) is 20.1. The number of carbonyl (C=O) groups is 1. The molecule has 4 rings (SSSR count). The van der Waals surface area contributed by atoms with Crippen LogP contribution in [-0.2, 0) is 6.54 Å². The van der Waals surface area contributed by atoms with E-state index in [-0.39, 0.29) is 5.91 Å². The fraction of sp³-hybridized carbons (Fsp3) is 0.130. The third-order valence-corrected chi connectivity index (χ3v) is 4.48. The number of nitrogens with one attached hydrogen (secondary N) is 2. The van der Waals surface area contributed by atoms with Crippen LogP contribution in [0.5, 0.6) is 5.75 Å². The fourth-order valence-corrected chi connectivity index (χ4v) is 3.00. The van der Waals surface area contributed by atoms with Crippen LogP contribution in [0.15, 0.2) is 79.4 Å². The number of rotatable bonds is 8. The smallest absolute Gasteiger partial charge is 0.255 e. The highest BCUT2D eigenvalue weighted by Crippen LogP contribution is 2.21. The molecule has 3 heterocycles. The SMILES string of the molecule is CCOc1ccc(Nc2ncccc2C(=O)NCc2ccnc(-n3cccn3)c2)cc1. The Balaban J connectivity index is 1.44. The number of ether oxygens (including phenoxy) is 1. The Morgan fingerprint density at radius 2 is 1.90 bits per heavy atom. The average Bonchev–Trinajstić information content (AvgIpc) is 3.35. The van der Waals surface area contributed by atoms with Gasteiger partial charge >= 0.3 is 0 Å². The Morgan fingerprint density at radius 3 is 2.68 bits per heavy atom. The van der Waals surface area contributed by atoms with Crippen molar-refractivity contribution in [2.75, 3.05) is 11.9 Å². The van der Waals surface area contributed by atoms with Crippen molar-refractivity contribution >= 4 is 17.4 Å². The summed E-state index contributed by atoms with van der Waals surface area (Å²) in [7, 11) is 0. The van der Waals surface area contributed by atoms with Gasteiger partial charge in [-0.3, -0.25) is 4.79 Å². The van der Waals surface area contributed by atoms with Crippen molar-refractivity contribution in [3.05, 3.63) is 90.5 Å². The topological polar surface area (TPSA) is 94.0 Å².